The minimum atomic E-state index is -1.01. The summed E-state index contributed by atoms with van der Waals surface area (Å²) in [7, 11) is 0. The zero-order chi connectivity index (χ0) is 15.4. The van der Waals surface area contributed by atoms with Crippen LogP contribution in [0.25, 0.3) is 0 Å². The fraction of sp³-hybridized carbons (Fsp3) is 0.786. The van der Waals surface area contributed by atoms with Crippen LogP contribution in [0.4, 0.5) is 4.79 Å². The molecule has 1 N–H and O–H groups in total. The molecule has 118 valence electrons. The number of urea groups is 1. The highest BCUT2D eigenvalue weighted by atomic mass is 16.5. The van der Waals surface area contributed by atoms with Crippen molar-refractivity contribution >= 4 is 18.0 Å². The zero-order valence-corrected chi connectivity index (χ0v) is 12.3. The highest BCUT2D eigenvalue weighted by molar-refractivity contribution is 5.81. The van der Waals surface area contributed by atoms with E-state index in [0.717, 1.165) is 19.3 Å². The molecule has 1 saturated heterocycles. The molecule has 1 aliphatic heterocycles. The van der Waals surface area contributed by atoms with Gasteiger partial charge < -0.3 is 19.6 Å². The molecular formula is C14H22N2O5. The lowest BCUT2D eigenvalue weighted by molar-refractivity contribution is -0.149. The van der Waals surface area contributed by atoms with Crippen LogP contribution in [0.3, 0.4) is 0 Å². The summed E-state index contributed by atoms with van der Waals surface area (Å²) in [6, 6.07) is -0.231. The molecule has 0 radical (unpaired) electrons. The number of piperidine rings is 1. The molecule has 0 bridgehead atoms. The van der Waals surface area contributed by atoms with Crippen molar-refractivity contribution in [3.8, 4) is 0 Å². The third-order valence-corrected chi connectivity index (χ3v) is 3.85. The molecule has 2 aliphatic rings. The number of carbonyl (C=O) groups excluding carboxylic acids is 2. The van der Waals surface area contributed by atoms with Gasteiger partial charge in [0, 0.05) is 19.1 Å². The summed E-state index contributed by atoms with van der Waals surface area (Å²) >= 11 is 0. The second kappa shape index (κ2) is 6.78. The average molecular weight is 298 g/mol. The lowest BCUT2D eigenvalue weighted by Gasteiger charge is -2.35. The third-order valence-electron chi connectivity index (χ3n) is 3.85. The van der Waals surface area contributed by atoms with Crippen molar-refractivity contribution in [2.45, 2.75) is 38.6 Å². The van der Waals surface area contributed by atoms with Gasteiger partial charge in [-0.25, -0.2) is 4.79 Å². The summed E-state index contributed by atoms with van der Waals surface area (Å²) in [5.74, 6) is -1.58. The number of rotatable bonds is 5. The smallest absolute Gasteiger partial charge is 0.323 e. The molecule has 7 nitrogen and oxygen atoms in total. The molecule has 1 saturated carbocycles. The van der Waals surface area contributed by atoms with Gasteiger partial charge in [-0.05, 0) is 32.6 Å². The maximum absolute atomic E-state index is 12.5. The number of esters is 1. The third kappa shape index (κ3) is 4.09. The van der Waals surface area contributed by atoms with Crippen LogP contribution in [0.5, 0.6) is 0 Å². The normalized spacial score (nSPS) is 21.8. The second-order valence-electron chi connectivity index (χ2n) is 5.57. The topological polar surface area (TPSA) is 87.2 Å². The van der Waals surface area contributed by atoms with Gasteiger partial charge >= 0.3 is 18.0 Å². The van der Waals surface area contributed by atoms with Crippen molar-refractivity contribution in [2.24, 2.45) is 5.92 Å². The van der Waals surface area contributed by atoms with Crippen LogP contribution in [-0.4, -0.2) is 65.2 Å². The average Bonchev–Trinajstić information content (AvgIpc) is 3.29. The first-order chi connectivity index (χ1) is 10.0. The maximum atomic E-state index is 12.5. The molecule has 1 unspecified atom stereocenters. The van der Waals surface area contributed by atoms with Crippen LogP contribution in [0.15, 0.2) is 0 Å². The van der Waals surface area contributed by atoms with Crippen molar-refractivity contribution in [2.75, 3.05) is 26.2 Å². The van der Waals surface area contributed by atoms with Gasteiger partial charge in [-0.1, -0.05) is 0 Å². The van der Waals surface area contributed by atoms with Gasteiger partial charge in [0.1, 0.15) is 6.54 Å². The van der Waals surface area contributed by atoms with Gasteiger partial charge in [0.05, 0.1) is 12.5 Å². The zero-order valence-electron chi connectivity index (χ0n) is 12.3. The number of carboxylic acids is 1. The second-order valence-corrected chi connectivity index (χ2v) is 5.57. The Morgan fingerprint density at radius 1 is 1.29 bits per heavy atom. The number of carboxylic acid groups (broad SMARTS) is 1. The molecule has 1 atom stereocenters. The molecule has 1 aliphatic carbocycles. The van der Waals surface area contributed by atoms with Gasteiger partial charge in [0.25, 0.3) is 0 Å². The number of ether oxygens (including phenoxy) is 1. The van der Waals surface area contributed by atoms with E-state index in [-0.39, 0.29) is 30.5 Å². The van der Waals surface area contributed by atoms with E-state index >= 15 is 0 Å². The first-order valence-electron chi connectivity index (χ1n) is 7.47. The predicted molar refractivity (Wildman–Crippen MR) is 73.7 cm³/mol. The summed E-state index contributed by atoms with van der Waals surface area (Å²) in [5, 5.41) is 8.93. The first-order valence-corrected chi connectivity index (χ1v) is 7.47. The van der Waals surface area contributed by atoms with Gasteiger partial charge in [-0.15, -0.1) is 0 Å². The van der Waals surface area contributed by atoms with Gasteiger partial charge in [-0.3, -0.25) is 9.59 Å². The van der Waals surface area contributed by atoms with Crippen LogP contribution in [0.2, 0.25) is 0 Å². The van der Waals surface area contributed by atoms with Crippen molar-refractivity contribution in [3.05, 3.63) is 0 Å². The summed E-state index contributed by atoms with van der Waals surface area (Å²) in [4.78, 5) is 38.2. The predicted octanol–water partition coefficient (Wildman–Crippen LogP) is 0.931. The molecule has 0 aromatic rings. The molecule has 2 rings (SSSR count). The maximum Gasteiger partial charge on any atom is 0.323 e. The number of aliphatic carboxylic acids is 1. The monoisotopic (exact) mass is 298 g/mol. The minimum absolute atomic E-state index is 0.0385. The molecule has 0 aromatic heterocycles. The van der Waals surface area contributed by atoms with E-state index in [2.05, 4.69) is 0 Å². The van der Waals surface area contributed by atoms with Crippen molar-refractivity contribution in [3.63, 3.8) is 0 Å². The molecule has 2 fully saturated rings. The summed E-state index contributed by atoms with van der Waals surface area (Å²) in [6.45, 7) is 2.70. The fourth-order valence-corrected chi connectivity index (χ4v) is 2.67. The molecule has 0 aromatic carbocycles. The Kier molecular flexibility index (Phi) is 5.03. The molecular weight excluding hydrogens is 276 g/mol. The number of nitrogens with zero attached hydrogens (tertiary/aromatic N) is 2. The van der Waals surface area contributed by atoms with Crippen LogP contribution >= 0.6 is 0 Å². The van der Waals surface area contributed by atoms with Crippen molar-refractivity contribution < 1.29 is 24.2 Å². The number of hydrogen-bond acceptors (Lipinski definition) is 4. The molecule has 0 spiro atoms. The van der Waals surface area contributed by atoms with Crippen LogP contribution in [-0.2, 0) is 14.3 Å². The van der Waals surface area contributed by atoms with E-state index in [1.165, 1.54) is 4.90 Å². The van der Waals surface area contributed by atoms with E-state index in [0.29, 0.717) is 26.1 Å². The van der Waals surface area contributed by atoms with Crippen LogP contribution < -0.4 is 0 Å². The molecule has 1 heterocycles. The van der Waals surface area contributed by atoms with E-state index in [9.17, 15) is 14.4 Å². The number of amides is 2. The highest BCUT2D eigenvalue weighted by Crippen LogP contribution is 2.29. The Balaban J connectivity index is 1.97. The van der Waals surface area contributed by atoms with Gasteiger partial charge in [-0.2, -0.15) is 0 Å². The largest absolute Gasteiger partial charge is 0.480 e. The number of carbonyl (C=O) groups is 3. The van der Waals surface area contributed by atoms with Crippen molar-refractivity contribution in [1.29, 1.82) is 0 Å². The van der Waals surface area contributed by atoms with Gasteiger partial charge in [0.15, 0.2) is 0 Å². The van der Waals surface area contributed by atoms with E-state index in [1.54, 1.807) is 11.8 Å². The lowest BCUT2D eigenvalue weighted by atomic mass is 9.98. The van der Waals surface area contributed by atoms with E-state index < -0.39 is 5.97 Å². The van der Waals surface area contributed by atoms with Crippen molar-refractivity contribution in [1.82, 2.24) is 9.80 Å². The SMILES string of the molecule is CCOC(=O)C1CCCN(C(=O)N(CC(=O)O)C2CC2)C1. The Morgan fingerprint density at radius 2 is 2.00 bits per heavy atom. The Morgan fingerprint density at radius 3 is 2.57 bits per heavy atom. The number of hydrogen-bond donors (Lipinski definition) is 1. The summed E-state index contributed by atoms with van der Waals surface area (Å²) < 4.78 is 5.01. The quantitative estimate of drug-likeness (QED) is 0.763. The Labute approximate surface area is 123 Å². The highest BCUT2D eigenvalue weighted by Gasteiger charge is 2.38. The lowest BCUT2D eigenvalue weighted by Crippen LogP contribution is -2.51. The summed E-state index contributed by atoms with van der Waals surface area (Å²) in [6.07, 6.45) is 3.16. The molecule has 7 heteroatoms. The minimum Gasteiger partial charge on any atom is -0.480 e. The first kappa shape index (κ1) is 15.6. The van der Waals surface area contributed by atoms with Crippen LogP contribution in [0.1, 0.15) is 32.6 Å². The fourth-order valence-electron chi connectivity index (χ4n) is 2.67. The molecule has 21 heavy (non-hydrogen) atoms. The Hall–Kier alpha value is -1.79. The van der Waals surface area contributed by atoms with Gasteiger partial charge in [0.2, 0.25) is 0 Å². The number of likely N-dealkylation sites (tertiary alicyclic amines) is 1. The van der Waals surface area contributed by atoms with E-state index in [4.69, 9.17) is 9.84 Å². The van der Waals surface area contributed by atoms with Crippen LogP contribution in [0, 0.1) is 5.92 Å². The summed E-state index contributed by atoms with van der Waals surface area (Å²) in [5.41, 5.74) is 0. The van der Waals surface area contributed by atoms with E-state index in [1.807, 2.05) is 0 Å². The molecule has 2 amide bonds. The Bertz CT molecular complexity index is 422. The standard InChI is InChI=1S/C14H22N2O5/c1-2-21-13(19)10-4-3-7-15(8-10)14(20)16(9-12(17)18)11-5-6-11/h10-11H,2-9H2,1H3,(H,17,18).